The second kappa shape index (κ2) is 9.39. The Labute approximate surface area is 152 Å². The molecule has 134 valence electrons. The van der Waals surface area contributed by atoms with Gasteiger partial charge >= 0.3 is 0 Å². The Hall–Kier alpha value is -2.12. The Kier molecular flexibility index (Phi) is 6.64. The third kappa shape index (κ3) is 6.03. The molecule has 1 aromatic heterocycles. The first-order chi connectivity index (χ1) is 12.3. The van der Waals surface area contributed by atoms with Gasteiger partial charge in [0.25, 0.3) is 0 Å². The average Bonchev–Trinajstić information content (AvgIpc) is 3.04. The smallest absolute Gasteiger partial charge is 0.207 e. The molecule has 0 saturated carbocycles. The minimum absolute atomic E-state index is 0.472. The molecule has 1 fully saturated rings. The van der Waals surface area contributed by atoms with Crippen LogP contribution in [0.25, 0.3) is 0 Å². The number of nitrogens with one attached hydrogen (secondary N) is 1. The number of hydrogen-bond acceptors (Lipinski definition) is 7. The lowest BCUT2D eigenvalue weighted by atomic mass is 10.1. The summed E-state index contributed by atoms with van der Waals surface area (Å²) in [5, 5.41) is 12.0. The zero-order valence-electron chi connectivity index (χ0n) is 14.4. The van der Waals surface area contributed by atoms with Crippen molar-refractivity contribution in [2.24, 2.45) is 0 Å². The SMILES string of the molecule is Nc1nnc(NC/C=C\COc2cccc(CN3CCCCC3)c2)s1. The molecule has 2 heterocycles. The molecule has 25 heavy (non-hydrogen) atoms. The van der Waals surface area contributed by atoms with E-state index in [0.29, 0.717) is 18.3 Å². The topological polar surface area (TPSA) is 76.3 Å². The van der Waals surface area contributed by atoms with Crippen molar-refractivity contribution in [1.29, 1.82) is 0 Å². The van der Waals surface area contributed by atoms with E-state index in [-0.39, 0.29) is 0 Å². The fraction of sp³-hybridized carbons (Fsp3) is 0.444. The van der Waals surface area contributed by atoms with Crippen LogP contribution in [0.15, 0.2) is 36.4 Å². The van der Waals surface area contributed by atoms with Crippen molar-refractivity contribution in [1.82, 2.24) is 15.1 Å². The number of rotatable bonds is 8. The van der Waals surface area contributed by atoms with Crippen molar-refractivity contribution in [2.45, 2.75) is 25.8 Å². The molecule has 2 aromatic rings. The van der Waals surface area contributed by atoms with Gasteiger partial charge in [-0.25, -0.2) is 0 Å². The number of nitrogens with two attached hydrogens (primary N) is 1. The first-order valence-corrected chi connectivity index (χ1v) is 9.53. The molecular weight excluding hydrogens is 334 g/mol. The van der Waals surface area contributed by atoms with E-state index in [0.717, 1.165) is 17.4 Å². The van der Waals surface area contributed by atoms with E-state index in [1.165, 1.54) is 49.3 Å². The highest BCUT2D eigenvalue weighted by Gasteiger charge is 2.10. The van der Waals surface area contributed by atoms with Crippen LogP contribution in [0.3, 0.4) is 0 Å². The summed E-state index contributed by atoms with van der Waals surface area (Å²) >= 11 is 1.34. The summed E-state index contributed by atoms with van der Waals surface area (Å²) in [6.45, 7) is 4.66. The highest BCUT2D eigenvalue weighted by Crippen LogP contribution is 2.18. The first kappa shape index (κ1) is 17.7. The van der Waals surface area contributed by atoms with Crippen molar-refractivity contribution in [2.75, 3.05) is 37.3 Å². The average molecular weight is 359 g/mol. The lowest BCUT2D eigenvalue weighted by Crippen LogP contribution is -2.29. The molecule has 0 amide bonds. The number of ether oxygens (including phenoxy) is 1. The van der Waals surface area contributed by atoms with Crippen LogP contribution in [0.1, 0.15) is 24.8 Å². The fourth-order valence-corrected chi connectivity index (χ4v) is 3.37. The molecule has 7 heteroatoms. The molecule has 0 spiro atoms. The number of nitrogen functional groups attached to an aromatic ring is 1. The van der Waals surface area contributed by atoms with Gasteiger partial charge in [0.1, 0.15) is 12.4 Å². The molecule has 1 aromatic carbocycles. The third-order valence-corrected chi connectivity index (χ3v) is 4.79. The third-order valence-electron chi connectivity index (χ3n) is 4.08. The van der Waals surface area contributed by atoms with Crippen LogP contribution in [0.4, 0.5) is 10.3 Å². The second-order valence-corrected chi connectivity index (χ2v) is 7.10. The van der Waals surface area contributed by atoms with Crippen LogP contribution in [-0.4, -0.2) is 41.3 Å². The highest BCUT2D eigenvalue weighted by molar-refractivity contribution is 7.18. The lowest BCUT2D eigenvalue weighted by molar-refractivity contribution is 0.220. The van der Waals surface area contributed by atoms with Crippen LogP contribution in [0, 0.1) is 0 Å². The zero-order valence-corrected chi connectivity index (χ0v) is 15.2. The van der Waals surface area contributed by atoms with Gasteiger partial charge in [0, 0.05) is 13.1 Å². The van der Waals surface area contributed by atoms with E-state index >= 15 is 0 Å². The maximum Gasteiger partial charge on any atom is 0.207 e. The maximum absolute atomic E-state index is 5.81. The number of nitrogens with zero attached hydrogens (tertiary/aromatic N) is 3. The van der Waals surface area contributed by atoms with E-state index < -0.39 is 0 Å². The number of aromatic nitrogens is 2. The van der Waals surface area contributed by atoms with E-state index in [1.807, 2.05) is 18.2 Å². The van der Waals surface area contributed by atoms with Gasteiger partial charge in [-0.2, -0.15) is 0 Å². The molecule has 0 radical (unpaired) electrons. The fourth-order valence-electron chi connectivity index (χ4n) is 2.86. The van der Waals surface area contributed by atoms with Crippen LogP contribution in [0.2, 0.25) is 0 Å². The van der Waals surface area contributed by atoms with Crippen LogP contribution in [-0.2, 0) is 6.54 Å². The number of benzene rings is 1. The van der Waals surface area contributed by atoms with Gasteiger partial charge in [0.15, 0.2) is 0 Å². The molecule has 0 atom stereocenters. The quantitative estimate of drug-likeness (QED) is 0.705. The normalized spacial score (nSPS) is 15.5. The molecular formula is C18H25N5OS. The zero-order chi connectivity index (χ0) is 17.3. The Morgan fingerprint density at radius 2 is 2.08 bits per heavy atom. The number of hydrogen-bond donors (Lipinski definition) is 2. The van der Waals surface area contributed by atoms with E-state index in [4.69, 9.17) is 10.5 Å². The summed E-state index contributed by atoms with van der Waals surface area (Å²) in [4.78, 5) is 2.52. The Morgan fingerprint density at radius 3 is 2.88 bits per heavy atom. The van der Waals surface area contributed by atoms with Crippen molar-refractivity contribution in [3.63, 3.8) is 0 Å². The van der Waals surface area contributed by atoms with Crippen LogP contribution < -0.4 is 15.8 Å². The standard InChI is InChI=1S/C18H25N5OS/c19-17-21-22-18(25-17)20-9-2-5-12-24-16-8-6-7-15(13-16)14-23-10-3-1-4-11-23/h2,5-8,13H,1,3-4,9-12,14H2,(H2,19,21)(H,20,22)/b5-2-. The van der Waals surface area contributed by atoms with Gasteiger partial charge in [-0.15, -0.1) is 10.2 Å². The number of anilines is 2. The van der Waals surface area contributed by atoms with Crippen molar-refractivity contribution in [3.8, 4) is 5.75 Å². The van der Waals surface area contributed by atoms with Gasteiger partial charge in [0.05, 0.1) is 0 Å². The van der Waals surface area contributed by atoms with Crippen LogP contribution >= 0.6 is 11.3 Å². The minimum Gasteiger partial charge on any atom is -0.490 e. The Morgan fingerprint density at radius 1 is 1.20 bits per heavy atom. The van der Waals surface area contributed by atoms with E-state index in [1.54, 1.807) is 0 Å². The molecule has 6 nitrogen and oxygen atoms in total. The largest absolute Gasteiger partial charge is 0.490 e. The predicted molar refractivity (Wildman–Crippen MR) is 103 cm³/mol. The van der Waals surface area contributed by atoms with Gasteiger partial charge in [-0.3, -0.25) is 4.90 Å². The summed E-state index contributed by atoms with van der Waals surface area (Å²) in [5.74, 6) is 0.920. The Balaban J connectivity index is 1.38. The van der Waals surface area contributed by atoms with E-state index in [2.05, 4.69) is 38.6 Å². The Bertz CT molecular complexity index is 682. The van der Waals surface area contributed by atoms with Gasteiger partial charge in [0.2, 0.25) is 10.3 Å². The lowest BCUT2D eigenvalue weighted by Gasteiger charge is -2.26. The number of piperidine rings is 1. The monoisotopic (exact) mass is 359 g/mol. The summed E-state index contributed by atoms with van der Waals surface area (Å²) < 4.78 is 5.81. The second-order valence-electron chi connectivity index (χ2n) is 6.09. The van der Waals surface area contributed by atoms with Crippen molar-refractivity contribution in [3.05, 3.63) is 42.0 Å². The molecule has 0 bridgehead atoms. The van der Waals surface area contributed by atoms with Gasteiger partial charge < -0.3 is 15.8 Å². The summed E-state index contributed by atoms with van der Waals surface area (Å²) in [6, 6.07) is 8.40. The van der Waals surface area contributed by atoms with Crippen molar-refractivity contribution >= 4 is 21.6 Å². The molecule has 3 N–H and O–H groups in total. The maximum atomic E-state index is 5.81. The summed E-state index contributed by atoms with van der Waals surface area (Å²) in [7, 11) is 0. The number of likely N-dealkylation sites (tertiary alicyclic amines) is 1. The molecule has 1 aliphatic rings. The molecule has 0 unspecified atom stereocenters. The van der Waals surface area contributed by atoms with Gasteiger partial charge in [-0.1, -0.05) is 36.0 Å². The van der Waals surface area contributed by atoms with Crippen molar-refractivity contribution < 1.29 is 4.74 Å². The molecule has 3 rings (SSSR count). The first-order valence-electron chi connectivity index (χ1n) is 8.71. The summed E-state index contributed by atoms with van der Waals surface area (Å²) in [5.41, 5.74) is 6.85. The predicted octanol–water partition coefficient (Wildman–Crippen LogP) is 3.15. The summed E-state index contributed by atoms with van der Waals surface area (Å²) in [6.07, 6.45) is 8.01. The van der Waals surface area contributed by atoms with Gasteiger partial charge in [-0.05, 0) is 49.7 Å². The minimum atomic E-state index is 0.472. The molecule has 0 aliphatic carbocycles. The molecule has 1 saturated heterocycles. The van der Waals surface area contributed by atoms with E-state index in [9.17, 15) is 0 Å². The van der Waals surface area contributed by atoms with Crippen LogP contribution in [0.5, 0.6) is 5.75 Å². The molecule has 1 aliphatic heterocycles. The highest BCUT2D eigenvalue weighted by atomic mass is 32.1.